The number of aromatic nitrogens is 3. The number of hydrogen-bond acceptors (Lipinski definition) is 3. The molecule has 0 saturated carbocycles. The minimum atomic E-state index is -0.284. The quantitative estimate of drug-likeness (QED) is 0.663. The Hall–Kier alpha value is -2.30. The molecule has 3 rings (SSSR count). The summed E-state index contributed by atoms with van der Waals surface area (Å²) in [6, 6.07) is 7.43. The van der Waals surface area contributed by atoms with E-state index in [1.54, 1.807) is 4.40 Å². The van der Waals surface area contributed by atoms with E-state index in [1.165, 1.54) is 0 Å². The Balaban J connectivity index is 2.60. The van der Waals surface area contributed by atoms with Crippen LogP contribution in [0.4, 0.5) is 0 Å². The Kier molecular flexibility index (Phi) is 1.95. The third-order valence-corrected chi connectivity index (χ3v) is 2.90. The first-order chi connectivity index (χ1) is 8.22. The Labute approximate surface area is 96.4 Å². The van der Waals surface area contributed by atoms with E-state index < -0.39 is 0 Å². The second kappa shape index (κ2) is 3.35. The van der Waals surface area contributed by atoms with Gasteiger partial charge in [0.2, 0.25) is 11.7 Å². The Bertz CT molecular complexity index is 770. The summed E-state index contributed by atoms with van der Waals surface area (Å²) in [4.78, 5) is 18.6. The molecule has 0 aliphatic heterocycles. The maximum absolute atomic E-state index is 11.7. The van der Waals surface area contributed by atoms with Crippen molar-refractivity contribution in [3.05, 3.63) is 40.2 Å². The predicted molar refractivity (Wildman–Crippen MR) is 64.4 cm³/mol. The SMILES string of the molecule is CCc1c(O)n2c(nc3ccccc32)[nH]c1=O. The van der Waals surface area contributed by atoms with Crippen molar-refractivity contribution in [1.29, 1.82) is 0 Å². The monoisotopic (exact) mass is 229 g/mol. The van der Waals surface area contributed by atoms with Gasteiger partial charge in [0, 0.05) is 0 Å². The standard InChI is InChI=1S/C12H11N3O2/c1-2-7-10(16)14-12-13-8-5-3-4-6-9(8)15(12)11(7)17/h3-6,17H,2H2,1H3,(H,13,14,16). The van der Waals surface area contributed by atoms with E-state index in [9.17, 15) is 9.90 Å². The van der Waals surface area contributed by atoms with Gasteiger partial charge in [-0.15, -0.1) is 0 Å². The lowest BCUT2D eigenvalue weighted by Crippen LogP contribution is -2.14. The van der Waals surface area contributed by atoms with Gasteiger partial charge in [-0.2, -0.15) is 0 Å². The van der Waals surface area contributed by atoms with Crippen LogP contribution in [0.3, 0.4) is 0 Å². The number of para-hydroxylation sites is 2. The van der Waals surface area contributed by atoms with Gasteiger partial charge in [-0.3, -0.25) is 9.78 Å². The van der Waals surface area contributed by atoms with Crippen LogP contribution in [0.1, 0.15) is 12.5 Å². The maximum Gasteiger partial charge on any atom is 0.259 e. The molecule has 0 fully saturated rings. The summed E-state index contributed by atoms with van der Waals surface area (Å²) in [5, 5.41) is 10.1. The highest BCUT2D eigenvalue weighted by atomic mass is 16.3. The van der Waals surface area contributed by atoms with Crippen LogP contribution in [-0.4, -0.2) is 19.5 Å². The topological polar surface area (TPSA) is 70.4 Å². The highest BCUT2D eigenvalue weighted by molar-refractivity contribution is 5.80. The van der Waals surface area contributed by atoms with E-state index in [0.29, 0.717) is 17.8 Å². The number of imidazole rings is 1. The van der Waals surface area contributed by atoms with E-state index >= 15 is 0 Å². The summed E-state index contributed by atoms with van der Waals surface area (Å²) in [7, 11) is 0. The van der Waals surface area contributed by atoms with Gasteiger partial charge < -0.3 is 5.11 Å². The predicted octanol–water partition coefficient (Wildman–Crippen LogP) is 1.44. The average molecular weight is 229 g/mol. The molecule has 0 atom stereocenters. The van der Waals surface area contributed by atoms with Gasteiger partial charge in [0.25, 0.3) is 5.56 Å². The average Bonchev–Trinajstić information content (AvgIpc) is 2.67. The number of rotatable bonds is 1. The summed E-state index contributed by atoms with van der Waals surface area (Å²) in [6.45, 7) is 1.83. The van der Waals surface area contributed by atoms with E-state index in [-0.39, 0.29) is 11.4 Å². The van der Waals surface area contributed by atoms with Crippen LogP contribution in [0.5, 0.6) is 5.88 Å². The molecular formula is C12H11N3O2. The van der Waals surface area contributed by atoms with Gasteiger partial charge in [-0.1, -0.05) is 19.1 Å². The summed E-state index contributed by atoms with van der Waals surface area (Å²) in [6.07, 6.45) is 0.476. The highest BCUT2D eigenvalue weighted by Crippen LogP contribution is 2.21. The number of aromatic amines is 1. The van der Waals surface area contributed by atoms with Gasteiger partial charge in [0.1, 0.15) is 0 Å². The number of hydrogen-bond donors (Lipinski definition) is 2. The molecule has 0 aliphatic carbocycles. The maximum atomic E-state index is 11.7. The summed E-state index contributed by atoms with van der Waals surface area (Å²) < 4.78 is 1.57. The van der Waals surface area contributed by atoms with Crippen LogP contribution in [-0.2, 0) is 6.42 Å². The molecule has 0 bridgehead atoms. The molecule has 2 N–H and O–H groups in total. The van der Waals surface area contributed by atoms with Crippen LogP contribution in [0.15, 0.2) is 29.1 Å². The molecule has 0 radical (unpaired) electrons. The van der Waals surface area contributed by atoms with Gasteiger partial charge in [-0.25, -0.2) is 9.38 Å². The fourth-order valence-corrected chi connectivity index (χ4v) is 2.06. The summed E-state index contributed by atoms with van der Waals surface area (Å²) in [5.41, 5.74) is 1.62. The third kappa shape index (κ3) is 1.25. The molecule has 86 valence electrons. The molecule has 2 heterocycles. The molecular weight excluding hydrogens is 218 g/mol. The molecule has 0 unspecified atom stereocenters. The minimum Gasteiger partial charge on any atom is -0.494 e. The summed E-state index contributed by atoms with van der Waals surface area (Å²) in [5.74, 6) is 0.339. The first-order valence-electron chi connectivity index (χ1n) is 5.43. The van der Waals surface area contributed by atoms with Crippen LogP contribution in [0.25, 0.3) is 16.8 Å². The number of H-pyrrole nitrogens is 1. The number of benzene rings is 1. The fraction of sp³-hybridized carbons (Fsp3) is 0.167. The van der Waals surface area contributed by atoms with Crippen molar-refractivity contribution in [2.24, 2.45) is 0 Å². The lowest BCUT2D eigenvalue weighted by molar-refractivity contribution is 0.439. The van der Waals surface area contributed by atoms with E-state index in [0.717, 1.165) is 11.0 Å². The zero-order chi connectivity index (χ0) is 12.0. The van der Waals surface area contributed by atoms with Crippen LogP contribution < -0.4 is 5.56 Å². The van der Waals surface area contributed by atoms with Crippen molar-refractivity contribution < 1.29 is 5.11 Å². The number of nitrogens with zero attached hydrogens (tertiary/aromatic N) is 2. The van der Waals surface area contributed by atoms with Gasteiger partial charge in [0.05, 0.1) is 16.6 Å². The normalized spacial score (nSPS) is 11.4. The number of fused-ring (bicyclic) bond motifs is 3. The molecule has 0 aliphatic rings. The Morgan fingerprint density at radius 2 is 2.18 bits per heavy atom. The van der Waals surface area contributed by atoms with Gasteiger partial charge in [0.15, 0.2) is 0 Å². The minimum absolute atomic E-state index is 0.0278. The van der Waals surface area contributed by atoms with Crippen molar-refractivity contribution in [2.75, 3.05) is 0 Å². The Morgan fingerprint density at radius 1 is 1.41 bits per heavy atom. The van der Waals surface area contributed by atoms with Gasteiger partial charge in [-0.05, 0) is 18.6 Å². The van der Waals surface area contributed by atoms with Crippen molar-refractivity contribution in [3.63, 3.8) is 0 Å². The van der Waals surface area contributed by atoms with E-state index in [1.807, 2.05) is 31.2 Å². The molecule has 5 heteroatoms. The zero-order valence-electron chi connectivity index (χ0n) is 9.27. The molecule has 0 amide bonds. The van der Waals surface area contributed by atoms with Crippen molar-refractivity contribution in [3.8, 4) is 5.88 Å². The molecule has 17 heavy (non-hydrogen) atoms. The molecule has 0 spiro atoms. The highest BCUT2D eigenvalue weighted by Gasteiger charge is 2.13. The second-order valence-electron chi connectivity index (χ2n) is 3.87. The van der Waals surface area contributed by atoms with Crippen LogP contribution in [0, 0.1) is 0 Å². The van der Waals surface area contributed by atoms with Crippen molar-refractivity contribution in [1.82, 2.24) is 14.4 Å². The fourth-order valence-electron chi connectivity index (χ4n) is 2.06. The van der Waals surface area contributed by atoms with Crippen molar-refractivity contribution >= 4 is 16.8 Å². The smallest absolute Gasteiger partial charge is 0.259 e. The largest absolute Gasteiger partial charge is 0.494 e. The lowest BCUT2D eigenvalue weighted by atomic mass is 10.2. The first kappa shape index (κ1) is 9.89. The second-order valence-corrected chi connectivity index (χ2v) is 3.87. The molecule has 1 aromatic carbocycles. The van der Waals surface area contributed by atoms with Crippen LogP contribution in [0.2, 0.25) is 0 Å². The number of nitrogens with one attached hydrogen (secondary N) is 1. The number of aromatic hydroxyl groups is 1. The lowest BCUT2D eigenvalue weighted by Gasteiger charge is -2.03. The van der Waals surface area contributed by atoms with Crippen molar-refractivity contribution in [2.45, 2.75) is 13.3 Å². The molecule has 0 saturated heterocycles. The van der Waals surface area contributed by atoms with Crippen LogP contribution >= 0.6 is 0 Å². The third-order valence-electron chi connectivity index (χ3n) is 2.90. The Morgan fingerprint density at radius 3 is 2.94 bits per heavy atom. The zero-order valence-corrected chi connectivity index (χ0v) is 9.27. The molecule has 5 nitrogen and oxygen atoms in total. The molecule has 3 aromatic rings. The van der Waals surface area contributed by atoms with E-state index in [2.05, 4.69) is 9.97 Å². The molecule has 2 aromatic heterocycles. The summed E-state index contributed by atoms with van der Waals surface area (Å²) >= 11 is 0. The van der Waals surface area contributed by atoms with Gasteiger partial charge >= 0.3 is 0 Å². The first-order valence-corrected chi connectivity index (χ1v) is 5.43. The van der Waals surface area contributed by atoms with E-state index in [4.69, 9.17) is 0 Å².